The molecule has 0 radical (unpaired) electrons. The molecule has 0 aliphatic carbocycles. The van der Waals surface area contributed by atoms with Gasteiger partial charge in [0.25, 0.3) is 0 Å². The second kappa shape index (κ2) is 38.2. The van der Waals surface area contributed by atoms with Crippen LogP contribution in [0.1, 0.15) is 52.9 Å². The number of thiol groups is 1. The number of aliphatic hydroxyl groups is 4. The van der Waals surface area contributed by atoms with Gasteiger partial charge in [0, 0.05) is 53.1 Å². The molecule has 0 saturated carbocycles. The van der Waals surface area contributed by atoms with E-state index in [4.69, 9.17) is 63.4 Å². The molecule has 0 bridgehead atoms. The highest BCUT2D eigenvalue weighted by Crippen LogP contribution is 2.05. The number of carboxylic acid groups (broad SMARTS) is 1. The van der Waals surface area contributed by atoms with E-state index < -0.39 is 37.0 Å². The van der Waals surface area contributed by atoms with Gasteiger partial charge in [-0.15, -0.1) is 0 Å². The number of alkyl carbamates (subject to hydrolysis) is 2. The molecule has 0 fully saturated rings. The van der Waals surface area contributed by atoms with Gasteiger partial charge in [-0.1, -0.05) is 20.8 Å². The van der Waals surface area contributed by atoms with Crippen molar-refractivity contribution in [1.29, 1.82) is 0 Å². The molecular weight excluding hydrogens is 718 g/mol. The lowest BCUT2D eigenvalue weighted by Gasteiger charge is -2.21. The lowest BCUT2D eigenvalue weighted by Crippen LogP contribution is -2.35. The lowest BCUT2D eigenvalue weighted by molar-refractivity contribution is -0.181. The van der Waals surface area contributed by atoms with Crippen LogP contribution in [0.15, 0.2) is 0 Å². The second-order valence-electron chi connectivity index (χ2n) is 10.2. The van der Waals surface area contributed by atoms with Crippen LogP contribution in [0.2, 0.25) is 0 Å². The summed E-state index contributed by atoms with van der Waals surface area (Å²) < 4.78 is 40.3. The van der Waals surface area contributed by atoms with Crippen LogP contribution < -0.4 is 16.0 Å². The summed E-state index contributed by atoms with van der Waals surface area (Å²) in [5, 5.41) is 51.1. The van der Waals surface area contributed by atoms with Crippen molar-refractivity contribution >= 4 is 36.7 Å². The number of aliphatic hydroxyl groups excluding tert-OH is 4. The maximum Gasteiger partial charge on any atom is 0.407 e. The number of carboxylic acids is 1. The van der Waals surface area contributed by atoms with Crippen molar-refractivity contribution in [3.05, 3.63) is 0 Å². The van der Waals surface area contributed by atoms with E-state index >= 15 is 0 Å². The summed E-state index contributed by atoms with van der Waals surface area (Å²) in [5.41, 5.74) is 0. The van der Waals surface area contributed by atoms with Gasteiger partial charge in [-0.2, -0.15) is 12.6 Å². The van der Waals surface area contributed by atoms with E-state index in [0.29, 0.717) is 31.6 Å². The van der Waals surface area contributed by atoms with Crippen molar-refractivity contribution in [2.45, 2.75) is 90.1 Å². The Hall–Kier alpha value is -2.57. The first-order valence-electron chi connectivity index (χ1n) is 16.8. The Balaban J connectivity index is -0.000000730. The molecule has 0 spiro atoms. The first kappa shape index (κ1) is 53.8. The predicted molar refractivity (Wildman–Crippen MR) is 189 cm³/mol. The molecule has 8 N–H and O–H groups in total. The molecule has 0 aliphatic heterocycles. The van der Waals surface area contributed by atoms with E-state index in [0.717, 1.165) is 0 Å². The summed E-state index contributed by atoms with van der Waals surface area (Å²) >= 11 is 3.97. The first-order valence-corrected chi connectivity index (χ1v) is 17.4. The fraction of sp³-hybridized carbons (Fsp3) is 0.871. The number of aliphatic carboxylic acids is 1. The van der Waals surface area contributed by atoms with Crippen LogP contribution in [0.25, 0.3) is 0 Å². The van der Waals surface area contributed by atoms with Crippen LogP contribution in [0.5, 0.6) is 0 Å². The maximum absolute atomic E-state index is 11.4. The molecule has 0 saturated heterocycles. The number of carbonyl (C=O) groups is 4. The van der Waals surface area contributed by atoms with Crippen molar-refractivity contribution in [2.75, 3.05) is 86.4 Å². The zero-order valence-electron chi connectivity index (χ0n) is 31.2. The van der Waals surface area contributed by atoms with Crippen LogP contribution in [0.3, 0.4) is 0 Å². The lowest BCUT2D eigenvalue weighted by atomic mass is 10.3. The summed E-state index contributed by atoms with van der Waals surface area (Å²) in [5.74, 6) is -0.611. The van der Waals surface area contributed by atoms with Crippen LogP contribution in [-0.2, 0) is 47.5 Å². The first-order chi connectivity index (χ1) is 24.9. The molecular formula is C31H63N3O17S. The van der Waals surface area contributed by atoms with Gasteiger partial charge in [-0.3, -0.25) is 9.59 Å². The van der Waals surface area contributed by atoms with Gasteiger partial charge in [0.1, 0.15) is 13.2 Å². The van der Waals surface area contributed by atoms with Gasteiger partial charge >= 0.3 is 18.2 Å². The number of hydrogen-bond donors (Lipinski definition) is 9. The molecule has 0 aromatic rings. The third kappa shape index (κ3) is 33.3. The Labute approximate surface area is 311 Å². The number of nitrogens with one attached hydrogen (secondary N) is 3. The number of methoxy groups -OCH3 is 3. The second-order valence-corrected chi connectivity index (χ2v) is 10.7. The molecule has 0 heterocycles. The SMILES string of the molecule is CCC(CO)OC(CO)OC.CCC(CO)OC(COC(=O)NCCC(=O)NCCS)OC.CCC(CO)OC(COC(=O)NCCC(=O)O)OC. The summed E-state index contributed by atoms with van der Waals surface area (Å²) in [4.78, 5) is 44.1. The number of ether oxygens (including phenoxy) is 8. The van der Waals surface area contributed by atoms with Crippen molar-refractivity contribution < 1.29 is 82.6 Å². The highest BCUT2D eigenvalue weighted by atomic mass is 32.1. The zero-order chi connectivity index (χ0) is 40.2. The smallest absolute Gasteiger partial charge is 0.407 e. The molecule has 20 nitrogen and oxygen atoms in total. The fourth-order valence-electron chi connectivity index (χ4n) is 3.17. The highest BCUT2D eigenvalue weighted by molar-refractivity contribution is 7.80. The number of rotatable bonds is 28. The fourth-order valence-corrected chi connectivity index (χ4v) is 3.28. The summed E-state index contributed by atoms with van der Waals surface area (Å²) in [6, 6.07) is 0. The minimum atomic E-state index is -1.01. The average molecular weight is 782 g/mol. The van der Waals surface area contributed by atoms with E-state index in [2.05, 4.69) is 28.6 Å². The van der Waals surface area contributed by atoms with E-state index in [9.17, 15) is 19.2 Å². The largest absolute Gasteiger partial charge is 0.481 e. The van der Waals surface area contributed by atoms with Gasteiger partial charge in [0.15, 0.2) is 18.9 Å². The minimum absolute atomic E-state index is 0.0130. The number of amides is 3. The normalized spacial score (nSPS) is 14.1. The Morgan fingerprint density at radius 2 is 0.962 bits per heavy atom. The van der Waals surface area contributed by atoms with Crippen LogP contribution >= 0.6 is 12.6 Å². The van der Waals surface area contributed by atoms with E-state index in [1.54, 1.807) is 0 Å². The molecule has 0 aromatic heterocycles. The Morgan fingerprint density at radius 3 is 1.27 bits per heavy atom. The molecule has 6 atom stereocenters. The molecule has 0 aromatic carbocycles. The van der Waals surface area contributed by atoms with E-state index in [1.165, 1.54) is 21.3 Å². The van der Waals surface area contributed by atoms with Crippen molar-refractivity contribution in [3.63, 3.8) is 0 Å². The monoisotopic (exact) mass is 781 g/mol. The molecule has 6 unspecified atom stereocenters. The standard InChI is InChI=1S/C13H26N2O6S.C11H21NO7.C7H16O4/c1-3-10(8-16)21-12(19-2)9-20-13(18)15-5-4-11(17)14-6-7-22;1-3-8(6-13)19-10(17-2)7-18-11(16)12-5-4-9(14)15;1-3-6(4-8)11-7(5-9)10-2/h10,12,16,22H,3-9H2,1-2H3,(H,14,17)(H,15,18);8,10,13H,3-7H2,1-2H3,(H,12,16)(H,14,15);6-9H,3-5H2,1-2H3. The average Bonchev–Trinajstić information content (AvgIpc) is 3.15. The summed E-state index contributed by atoms with van der Waals surface area (Å²) in [6.45, 7) is 5.47. The highest BCUT2D eigenvalue weighted by Gasteiger charge is 2.18. The van der Waals surface area contributed by atoms with Gasteiger partial charge in [-0.25, -0.2) is 9.59 Å². The third-order valence-corrected chi connectivity index (χ3v) is 6.54. The topological polar surface area (TPSA) is 279 Å². The van der Waals surface area contributed by atoms with Crippen molar-refractivity contribution in [1.82, 2.24) is 16.0 Å². The number of carbonyl (C=O) groups excluding carboxylic acids is 3. The van der Waals surface area contributed by atoms with Gasteiger partial charge in [0.05, 0.1) is 51.2 Å². The summed E-state index contributed by atoms with van der Waals surface area (Å²) in [6.07, 6.45) is -2.65. The zero-order valence-corrected chi connectivity index (χ0v) is 32.0. The molecule has 21 heteroatoms. The summed E-state index contributed by atoms with van der Waals surface area (Å²) in [7, 11) is 4.26. The van der Waals surface area contributed by atoms with Gasteiger partial charge in [-0.05, 0) is 19.3 Å². The Bertz CT molecular complexity index is 854. The van der Waals surface area contributed by atoms with E-state index in [-0.39, 0.29) is 89.8 Å². The predicted octanol–water partition coefficient (Wildman–Crippen LogP) is -0.405. The minimum Gasteiger partial charge on any atom is -0.481 e. The third-order valence-electron chi connectivity index (χ3n) is 6.31. The van der Waals surface area contributed by atoms with Crippen molar-refractivity contribution in [2.24, 2.45) is 0 Å². The van der Waals surface area contributed by atoms with Crippen LogP contribution in [-0.4, -0.2) is 173 Å². The van der Waals surface area contributed by atoms with Gasteiger partial charge in [0.2, 0.25) is 5.91 Å². The molecule has 310 valence electrons. The quantitative estimate of drug-likeness (QED) is 0.0361. The molecule has 52 heavy (non-hydrogen) atoms. The Morgan fingerprint density at radius 1 is 0.577 bits per heavy atom. The van der Waals surface area contributed by atoms with Crippen LogP contribution in [0, 0.1) is 0 Å². The molecule has 0 aliphatic rings. The molecule has 3 amide bonds. The maximum atomic E-state index is 11.4. The molecule has 0 rings (SSSR count). The Kier molecular flexibility index (Phi) is 39.5. The van der Waals surface area contributed by atoms with Gasteiger partial charge < -0.3 is 79.4 Å². The van der Waals surface area contributed by atoms with E-state index in [1.807, 2.05) is 20.8 Å². The van der Waals surface area contributed by atoms with Crippen LogP contribution in [0.4, 0.5) is 9.59 Å². The van der Waals surface area contributed by atoms with Crippen molar-refractivity contribution in [3.8, 4) is 0 Å². The number of hydrogen-bond acceptors (Lipinski definition) is 17.